The normalized spacial score (nSPS) is 16.6. The molecule has 3 heterocycles. The van der Waals surface area contributed by atoms with Crippen molar-refractivity contribution in [3.8, 4) is 11.6 Å². The van der Waals surface area contributed by atoms with Gasteiger partial charge in [-0.15, -0.1) is 0 Å². The summed E-state index contributed by atoms with van der Waals surface area (Å²) in [7, 11) is -9.11. The second-order valence-corrected chi connectivity index (χ2v) is 13.8. The molecule has 18 nitrogen and oxygen atoms in total. The van der Waals surface area contributed by atoms with Gasteiger partial charge in [0.2, 0.25) is 5.88 Å². The van der Waals surface area contributed by atoms with Crippen LogP contribution < -0.4 is 5.01 Å². The van der Waals surface area contributed by atoms with E-state index in [1.165, 1.54) is 4.90 Å². The number of aromatic nitrogens is 2. The van der Waals surface area contributed by atoms with E-state index in [1.807, 2.05) is 0 Å². The van der Waals surface area contributed by atoms with Gasteiger partial charge in [0.25, 0.3) is 32.1 Å². The van der Waals surface area contributed by atoms with E-state index in [-0.39, 0.29) is 22.5 Å². The summed E-state index contributed by atoms with van der Waals surface area (Å²) in [6, 6.07) is 8.50. The Labute approximate surface area is 289 Å². The number of amides is 2. The minimum atomic E-state index is -4.56. The maximum atomic E-state index is 13.7. The lowest BCUT2D eigenvalue weighted by Gasteiger charge is -2.27. The zero-order valence-electron chi connectivity index (χ0n) is 26.0. The van der Waals surface area contributed by atoms with Gasteiger partial charge in [-0.05, 0) is 92.1 Å². The average molecular weight is 742 g/mol. The third kappa shape index (κ3) is 7.78. The summed E-state index contributed by atoms with van der Waals surface area (Å²) >= 11 is 0. The number of hydrazone groups is 1. The molecule has 5 N–H and O–H groups in total. The number of carbonyl (C=O) groups excluding carboxylic acids is 2. The molecule has 0 radical (unpaired) electrons. The quantitative estimate of drug-likeness (QED) is 0.113. The van der Waals surface area contributed by atoms with Crippen molar-refractivity contribution >= 4 is 61.5 Å². The summed E-state index contributed by atoms with van der Waals surface area (Å²) in [5.74, 6) is -5.41. The van der Waals surface area contributed by atoms with Gasteiger partial charge in [0.1, 0.15) is 0 Å². The topological polar surface area (TPSA) is 274 Å². The first-order valence-electron chi connectivity index (χ1n) is 14.7. The summed E-state index contributed by atoms with van der Waals surface area (Å²) in [5.41, 5.74) is -2.37. The van der Waals surface area contributed by atoms with Gasteiger partial charge in [0.15, 0.2) is 11.4 Å². The Balaban J connectivity index is 1.55. The molecule has 0 unspecified atom stereocenters. The standard InChI is InChI=1S/C31H27N5O13S2/c37-27(34-16-2-1-3-17-34)18(4-14-23-25(30(40)41)32-35(28(23)38)19-6-10-21(11-7-19)50(44,45)46)5-15-24-26(31(42)43)33-36(29(24)39)20-8-12-22(13-9-20)51(47,48)49/h4-15,38H,1-3,16-17H2,(H,40,41)(H,42,43)(H,44,45,46)(H,47,48,49). The van der Waals surface area contributed by atoms with Crippen LogP contribution in [0.1, 0.15) is 35.3 Å². The molecule has 0 spiro atoms. The number of aromatic hydroxyl groups is 1. The van der Waals surface area contributed by atoms with Crippen molar-refractivity contribution in [2.24, 2.45) is 5.10 Å². The molecule has 20 heteroatoms. The number of hydrogen-bond acceptors (Lipinski definition) is 11. The molecule has 266 valence electrons. The molecular formula is C31H27N5O13S2. The molecule has 0 bridgehead atoms. The average Bonchev–Trinajstić information content (AvgIpc) is 3.60. The maximum absolute atomic E-state index is 13.7. The Morgan fingerprint density at radius 1 is 0.784 bits per heavy atom. The molecule has 1 aromatic heterocycles. The predicted molar refractivity (Wildman–Crippen MR) is 176 cm³/mol. The number of carboxylic acids is 2. The first kappa shape index (κ1) is 36.3. The van der Waals surface area contributed by atoms with Gasteiger partial charge < -0.3 is 20.2 Å². The summed E-state index contributed by atoms with van der Waals surface area (Å²) in [6.45, 7) is 0.746. The van der Waals surface area contributed by atoms with Crippen molar-refractivity contribution in [1.29, 1.82) is 0 Å². The van der Waals surface area contributed by atoms with E-state index in [4.69, 9.17) is 0 Å². The Morgan fingerprint density at radius 2 is 1.33 bits per heavy atom. The number of hydrogen-bond donors (Lipinski definition) is 5. The fourth-order valence-corrected chi connectivity index (χ4v) is 6.11. The molecule has 2 amide bonds. The fourth-order valence-electron chi connectivity index (χ4n) is 5.15. The van der Waals surface area contributed by atoms with Crippen molar-refractivity contribution in [1.82, 2.24) is 14.7 Å². The number of rotatable bonds is 10. The van der Waals surface area contributed by atoms with E-state index < -0.39 is 76.6 Å². The Morgan fingerprint density at radius 3 is 1.84 bits per heavy atom. The Kier molecular flexibility index (Phi) is 10.0. The van der Waals surface area contributed by atoms with Crippen LogP contribution in [0.5, 0.6) is 5.88 Å². The lowest BCUT2D eigenvalue weighted by molar-refractivity contribution is -0.129. The second-order valence-electron chi connectivity index (χ2n) is 11.0. The number of nitrogens with zero attached hydrogens (tertiary/aromatic N) is 5. The highest BCUT2D eigenvalue weighted by Crippen LogP contribution is 2.29. The van der Waals surface area contributed by atoms with Gasteiger partial charge in [-0.1, -0.05) is 0 Å². The van der Waals surface area contributed by atoms with Gasteiger partial charge in [0.05, 0.1) is 32.3 Å². The highest BCUT2D eigenvalue weighted by atomic mass is 32.2. The van der Waals surface area contributed by atoms with E-state index in [0.29, 0.717) is 30.9 Å². The smallest absolute Gasteiger partial charge is 0.357 e. The first-order chi connectivity index (χ1) is 24.0. The van der Waals surface area contributed by atoms with Gasteiger partial charge in [-0.2, -0.15) is 36.7 Å². The van der Waals surface area contributed by atoms with E-state index in [2.05, 4.69) is 10.2 Å². The number of carbonyl (C=O) groups is 4. The SMILES string of the molecule is O=C(O)C1=NN(c2ccc(S(=O)(=O)O)cc2)C(=O)C1=CC=C(C=Cc1c(C(=O)O)nn(-c2ccc(S(=O)(=O)O)cc2)c1O)C(=O)N1CCCCC1. The monoisotopic (exact) mass is 741 g/mol. The number of likely N-dealkylation sites (tertiary alicyclic amines) is 1. The van der Waals surface area contributed by atoms with Crippen molar-refractivity contribution in [3.05, 3.63) is 89.2 Å². The Hall–Kier alpha value is -5.96. The lowest BCUT2D eigenvalue weighted by atomic mass is 10.1. The molecule has 2 aliphatic rings. The molecule has 1 fully saturated rings. The van der Waals surface area contributed by atoms with Crippen LogP contribution in [0.3, 0.4) is 0 Å². The van der Waals surface area contributed by atoms with Gasteiger partial charge in [-0.25, -0.2) is 9.59 Å². The summed E-state index contributed by atoms with van der Waals surface area (Å²) in [4.78, 5) is 51.7. The maximum Gasteiger partial charge on any atom is 0.357 e. The third-order valence-electron chi connectivity index (χ3n) is 7.69. The molecule has 0 saturated carbocycles. The predicted octanol–water partition coefficient (Wildman–Crippen LogP) is 2.14. The van der Waals surface area contributed by atoms with Crippen LogP contribution in [0.2, 0.25) is 0 Å². The number of allylic oxidation sites excluding steroid dienone is 2. The number of benzene rings is 2. The van der Waals surface area contributed by atoms with Crippen LogP contribution in [0, 0.1) is 0 Å². The molecule has 0 aliphatic carbocycles. The third-order valence-corrected chi connectivity index (χ3v) is 9.42. The molecule has 5 rings (SSSR count). The molecule has 3 aromatic rings. The number of anilines is 1. The van der Waals surface area contributed by atoms with Crippen molar-refractivity contribution in [2.45, 2.75) is 29.1 Å². The number of piperidine rings is 1. The summed E-state index contributed by atoms with van der Waals surface area (Å²) < 4.78 is 64.9. The summed E-state index contributed by atoms with van der Waals surface area (Å²) in [6.07, 6.45) is 6.63. The number of aromatic carboxylic acids is 1. The molecule has 2 aliphatic heterocycles. The lowest BCUT2D eigenvalue weighted by Crippen LogP contribution is -2.36. The zero-order valence-corrected chi connectivity index (χ0v) is 27.7. The van der Waals surface area contributed by atoms with E-state index >= 15 is 0 Å². The molecule has 2 aromatic carbocycles. The van der Waals surface area contributed by atoms with Crippen LogP contribution in [-0.4, -0.2) is 98.5 Å². The molecule has 1 saturated heterocycles. The van der Waals surface area contributed by atoms with E-state index in [1.54, 1.807) is 0 Å². The second kappa shape index (κ2) is 14.1. The minimum Gasteiger partial charge on any atom is -0.493 e. The molecule has 0 atom stereocenters. The highest BCUT2D eigenvalue weighted by molar-refractivity contribution is 7.86. The minimum absolute atomic E-state index is 0.0179. The Bertz CT molecular complexity index is 2280. The van der Waals surface area contributed by atoms with Crippen molar-refractivity contribution in [3.63, 3.8) is 0 Å². The van der Waals surface area contributed by atoms with E-state index in [0.717, 1.165) is 83.9 Å². The zero-order chi connectivity index (χ0) is 37.2. The van der Waals surface area contributed by atoms with Crippen molar-refractivity contribution in [2.75, 3.05) is 18.1 Å². The van der Waals surface area contributed by atoms with Gasteiger partial charge >= 0.3 is 11.9 Å². The largest absolute Gasteiger partial charge is 0.493 e. The van der Waals surface area contributed by atoms with Crippen LogP contribution in [0.15, 0.2) is 92.8 Å². The molecule has 51 heavy (non-hydrogen) atoms. The van der Waals surface area contributed by atoms with Crippen LogP contribution in [0.4, 0.5) is 5.69 Å². The molecular weight excluding hydrogens is 714 g/mol. The van der Waals surface area contributed by atoms with Crippen LogP contribution >= 0.6 is 0 Å². The number of aliphatic carboxylic acids is 1. The van der Waals surface area contributed by atoms with Crippen LogP contribution in [0.25, 0.3) is 11.8 Å². The van der Waals surface area contributed by atoms with E-state index in [9.17, 15) is 60.4 Å². The van der Waals surface area contributed by atoms with Crippen LogP contribution in [-0.2, 0) is 34.6 Å². The van der Waals surface area contributed by atoms with Gasteiger partial charge in [0, 0.05) is 18.7 Å². The fraction of sp³-hybridized carbons (Fsp3) is 0.161. The highest BCUT2D eigenvalue weighted by Gasteiger charge is 2.35. The van der Waals surface area contributed by atoms with Crippen molar-refractivity contribution < 1.29 is 60.4 Å². The number of carboxylic acid groups (broad SMARTS) is 2. The first-order valence-corrected chi connectivity index (χ1v) is 17.6. The summed E-state index contributed by atoms with van der Waals surface area (Å²) in [5, 5.41) is 39.0. The van der Waals surface area contributed by atoms with Gasteiger partial charge in [-0.3, -0.25) is 18.7 Å².